The zero-order chi connectivity index (χ0) is 24.2. The molecule has 1 N–H and O–H groups in total. The summed E-state index contributed by atoms with van der Waals surface area (Å²) in [5.41, 5.74) is -1.27. The molecule has 1 unspecified atom stereocenters. The van der Waals surface area contributed by atoms with Gasteiger partial charge in [0.2, 0.25) is 0 Å². The van der Waals surface area contributed by atoms with Crippen molar-refractivity contribution in [1.82, 2.24) is 0 Å². The van der Waals surface area contributed by atoms with Crippen molar-refractivity contribution >= 4 is 39.3 Å². The van der Waals surface area contributed by atoms with E-state index in [1.807, 2.05) is 6.92 Å². The van der Waals surface area contributed by atoms with Crippen LogP contribution in [0.4, 0.5) is 5.69 Å². The smallest absolute Gasteiger partial charge is 0.326 e. The van der Waals surface area contributed by atoms with Crippen LogP contribution in [0.25, 0.3) is 0 Å². The molecule has 9 heteroatoms. The molecule has 0 aliphatic carbocycles. The second kappa shape index (κ2) is 10.4. The molecule has 0 spiro atoms. The maximum Gasteiger partial charge on any atom is 0.326 e. The molecule has 3 rings (SSSR count). The molecule has 176 valence electrons. The lowest BCUT2D eigenvalue weighted by molar-refractivity contribution is -0.144. The van der Waals surface area contributed by atoms with E-state index in [1.54, 1.807) is 24.3 Å². The number of anilines is 1. The summed E-state index contributed by atoms with van der Waals surface area (Å²) in [7, 11) is 2.93. The number of benzene rings is 2. The fraction of sp³-hybridized carbons (Fsp3) is 0.375. The molecule has 0 aromatic heterocycles. The van der Waals surface area contributed by atoms with Gasteiger partial charge in [-0.1, -0.05) is 29.3 Å². The lowest BCUT2D eigenvalue weighted by atomic mass is 9.88. The number of carbonyl (C=O) groups excluding carboxylic acids is 3. The average molecular weight is 520 g/mol. The molecule has 1 aliphatic heterocycles. The number of carbonyl (C=O) groups is 3. The van der Waals surface area contributed by atoms with Crippen molar-refractivity contribution in [1.29, 1.82) is 0 Å². The van der Waals surface area contributed by atoms with Gasteiger partial charge in [-0.2, -0.15) is 0 Å². The van der Waals surface area contributed by atoms with Crippen LogP contribution in [0.1, 0.15) is 42.1 Å². The van der Waals surface area contributed by atoms with Crippen LogP contribution >= 0.6 is 15.9 Å². The number of aliphatic hydroxyl groups is 1. The molecule has 0 fully saturated rings. The van der Waals surface area contributed by atoms with Gasteiger partial charge in [-0.3, -0.25) is 19.3 Å². The normalized spacial score (nSPS) is 17.0. The Balaban J connectivity index is 1.90. The van der Waals surface area contributed by atoms with Gasteiger partial charge in [0, 0.05) is 15.6 Å². The summed E-state index contributed by atoms with van der Waals surface area (Å²) in [5, 5.41) is 11.5. The summed E-state index contributed by atoms with van der Waals surface area (Å²) in [6, 6.07) is 9.51. The number of halogens is 1. The Morgan fingerprint density at radius 1 is 1.09 bits per heavy atom. The van der Waals surface area contributed by atoms with Crippen molar-refractivity contribution in [3.05, 3.63) is 52.0 Å². The summed E-state index contributed by atoms with van der Waals surface area (Å²) < 4.78 is 16.2. The van der Waals surface area contributed by atoms with Crippen molar-refractivity contribution in [3.63, 3.8) is 0 Å². The third kappa shape index (κ3) is 5.04. The minimum absolute atomic E-state index is 0.247. The fourth-order valence-corrected chi connectivity index (χ4v) is 4.06. The number of methoxy groups -OCH3 is 2. The molecule has 1 heterocycles. The monoisotopic (exact) mass is 519 g/mol. The number of hydrogen-bond acceptors (Lipinski definition) is 7. The summed E-state index contributed by atoms with van der Waals surface area (Å²) in [5.74, 6) is -0.998. The number of rotatable bonds is 10. The van der Waals surface area contributed by atoms with Gasteiger partial charge in [0.1, 0.15) is 6.54 Å². The van der Waals surface area contributed by atoms with Gasteiger partial charge in [-0.05, 0) is 42.8 Å². The van der Waals surface area contributed by atoms with Crippen LogP contribution in [0, 0.1) is 0 Å². The number of nitrogens with zero attached hydrogens (tertiary/aromatic N) is 1. The standard InChI is InChI=1S/C24H26BrNO7/c1-4-5-10-33-22(28)14-26-18-8-7-16(25)12-17(18)24(30,23(26)29)13-19(27)15-6-9-20(31-2)21(11-15)32-3/h6-9,11-12,30H,4-5,10,13-14H2,1-3H3. The predicted octanol–water partition coefficient (Wildman–Crippen LogP) is 3.62. The Hall–Kier alpha value is -2.91. The molecule has 0 bridgehead atoms. The van der Waals surface area contributed by atoms with E-state index in [0.717, 1.165) is 11.3 Å². The Bertz CT molecular complexity index is 1070. The minimum atomic E-state index is -2.13. The minimum Gasteiger partial charge on any atom is -0.493 e. The maximum atomic E-state index is 13.3. The first kappa shape index (κ1) is 24.7. The predicted molar refractivity (Wildman–Crippen MR) is 125 cm³/mol. The van der Waals surface area contributed by atoms with E-state index >= 15 is 0 Å². The van der Waals surface area contributed by atoms with Crippen LogP contribution in [0.5, 0.6) is 11.5 Å². The molecular formula is C24H26BrNO7. The van der Waals surface area contributed by atoms with Crippen LogP contribution < -0.4 is 14.4 Å². The van der Waals surface area contributed by atoms with E-state index < -0.39 is 29.7 Å². The second-order valence-corrected chi connectivity index (χ2v) is 8.57. The number of Topliss-reactive ketones (excluding diaryl/α,β-unsaturated/α-hetero) is 1. The Kier molecular flexibility index (Phi) is 7.76. The molecule has 2 aromatic carbocycles. The summed E-state index contributed by atoms with van der Waals surface area (Å²) in [6.45, 7) is 1.87. The van der Waals surface area contributed by atoms with Gasteiger partial charge < -0.3 is 19.3 Å². The quantitative estimate of drug-likeness (QED) is 0.290. The third-order valence-corrected chi connectivity index (χ3v) is 5.96. The van der Waals surface area contributed by atoms with Crippen molar-refractivity contribution in [3.8, 4) is 11.5 Å². The first-order chi connectivity index (χ1) is 15.7. The summed E-state index contributed by atoms with van der Waals surface area (Å²) >= 11 is 3.35. The highest BCUT2D eigenvalue weighted by molar-refractivity contribution is 9.10. The molecule has 0 saturated heterocycles. The zero-order valence-electron chi connectivity index (χ0n) is 18.7. The van der Waals surface area contributed by atoms with Gasteiger partial charge in [-0.25, -0.2) is 0 Å². The van der Waals surface area contributed by atoms with Crippen LogP contribution in [0.2, 0.25) is 0 Å². The number of ketones is 1. The number of esters is 1. The summed E-state index contributed by atoms with van der Waals surface area (Å²) in [4.78, 5) is 39.8. The fourth-order valence-electron chi connectivity index (χ4n) is 3.70. The Labute approximate surface area is 200 Å². The van der Waals surface area contributed by atoms with Crippen molar-refractivity contribution in [2.24, 2.45) is 0 Å². The van der Waals surface area contributed by atoms with Gasteiger partial charge in [-0.15, -0.1) is 0 Å². The van der Waals surface area contributed by atoms with Gasteiger partial charge in [0.25, 0.3) is 5.91 Å². The van der Waals surface area contributed by atoms with Crippen LogP contribution in [-0.2, 0) is 19.9 Å². The van der Waals surface area contributed by atoms with Gasteiger partial charge in [0.15, 0.2) is 22.9 Å². The van der Waals surface area contributed by atoms with E-state index in [4.69, 9.17) is 14.2 Å². The van der Waals surface area contributed by atoms with Crippen LogP contribution in [0.3, 0.4) is 0 Å². The van der Waals surface area contributed by atoms with E-state index in [-0.39, 0.29) is 24.3 Å². The lowest BCUT2D eigenvalue weighted by Gasteiger charge is -2.22. The highest BCUT2D eigenvalue weighted by atomic mass is 79.9. The van der Waals surface area contributed by atoms with Gasteiger partial charge in [0.05, 0.1) is 32.9 Å². The number of hydrogen-bond donors (Lipinski definition) is 1. The first-order valence-corrected chi connectivity index (χ1v) is 11.3. The number of ether oxygens (including phenoxy) is 3. The Morgan fingerprint density at radius 3 is 2.48 bits per heavy atom. The molecule has 1 atom stereocenters. The SMILES string of the molecule is CCCCOC(=O)CN1C(=O)C(O)(CC(=O)c2ccc(OC)c(OC)c2)c2cc(Br)ccc21. The zero-order valence-corrected chi connectivity index (χ0v) is 20.3. The molecule has 33 heavy (non-hydrogen) atoms. The first-order valence-electron chi connectivity index (χ1n) is 10.5. The van der Waals surface area contributed by atoms with Crippen molar-refractivity contribution in [2.75, 3.05) is 32.3 Å². The number of unbranched alkanes of at least 4 members (excludes halogenated alkanes) is 1. The largest absolute Gasteiger partial charge is 0.493 e. The number of amides is 1. The molecule has 0 radical (unpaired) electrons. The van der Waals surface area contributed by atoms with E-state index in [0.29, 0.717) is 28.1 Å². The van der Waals surface area contributed by atoms with E-state index in [2.05, 4.69) is 15.9 Å². The van der Waals surface area contributed by atoms with E-state index in [9.17, 15) is 19.5 Å². The van der Waals surface area contributed by atoms with Crippen LogP contribution in [-0.4, -0.2) is 50.1 Å². The van der Waals surface area contributed by atoms with E-state index in [1.165, 1.54) is 26.4 Å². The van der Waals surface area contributed by atoms with Crippen molar-refractivity contribution < 1.29 is 33.7 Å². The summed E-state index contributed by atoms with van der Waals surface area (Å²) in [6.07, 6.45) is 1.07. The van der Waals surface area contributed by atoms with Crippen LogP contribution in [0.15, 0.2) is 40.9 Å². The second-order valence-electron chi connectivity index (χ2n) is 7.66. The number of fused-ring (bicyclic) bond motifs is 1. The lowest BCUT2D eigenvalue weighted by Crippen LogP contribution is -2.44. The highest BCUT2D eigenvalue weighted by Gasteiger charge is 2.51. The molecule has 1 amide bonds. The van der Waals surface area contributed by atoms with Gasteiger partial charge >= 0.3 is 5.97 Å². The highest BCUT2D eigenvalue weighted by Crippen LogP contribution is 2.44. The maximum absolute atomic E-state index is 13.3. The average Bonchev–Trinajstić information content (AvgIpc) is 2.99. The molecule has 1 aliphatic rings. The molecule has 8 nitrogen and oxygen atoms in total. The molecule has 0 saturated carbocycles. The van der Waals surface area contributed by atoms with Crippen molar-refractivity contribution in [2.45, 2.75) is 31.8 Å². The molecular weight excluding hydrogens is 494 g/mol. The third-order valence-electron chi connectivity index (χ3n) is 5.46. The Morgan fingerprint density at radius 2 is 1.82 bits per heavy atom. The molecule has 2 aromatic rings. The topological polar surface area (TPSA) is 102 Å².